The fourth-order valence-corrected chi connectivity index (χ4v) is 2.09. The maximum Gasteiger partial charge on any atom is 0.573 e. The smallest absolute Gasteiger partial charge is 0.405 e. The van der Waals surface area contributed by atoms with Crippen molar-refractivity contribution in [2.24, 2.45) is 4.99 Å². The molecule has 25 heavy (non-hydrogen) atoms. The summed E-state index contributed by atoms with van der Waals surface area (Å²) < 4.78 is 43.2. The summed E-state index contributed by atoms with van der Waals surface area (Å²) in [5.74, 6) is 0.266. The number of para-hydroxylation sites is 1. The monoisotopic (exact) mass is 355 g/mol. The summed E-state index contributed by atoms with van der Waals surface area (Å²) >= 11 is 0. The molecule has 0 aliphatic heterocycles. The quantitative estimate of drug-likeness (QED) is 0.592. The predicted octanol–water partition coefficient (Wildman–Crippen LogP) is 2.54. The largest absolute Gasteiger partial charge is 0.573 e. The average Bonchev–Trinajstić information content (AvgIpc) is 3.06. The molecule has 2 rings (SSSR count). The molecule has 0 radical (unpaired) electrons. The Morgan fingerprint density at radius 1 is 1.24 bits per heavy atom. The number of aliphatic imine (C=N–C) groups is 1. The first kappa shape index (κ1) is 18.6. The minimum Gasteiger partial charge on any atom is -0.405 e. The van der Waals surface area contributed by atoms with E-state index in [2.05, 4.69) is 25.5 Å². The first-order chi connectivity index (χ1) is 12.0. The molecule has 1 aromatic heterocycles. The highest BCUT2D eigenvalue weighted by molar-refractivity contribution is 5.79. The molecule has 0 spiro atoms. The van der Waals surface area contributed by atoms with Crippen LogP contribution >= 0.6 is 0 Å². The highest BCUT2D eigenvalue weighted by Gasteiger charge is 2.31. The van der Waals surface area contributed by atoms with Gasteiger partial charge in [-0.3, -0.25) is 4.68 Å². The summed E-state index contributed by atoms with van der Waals surface area (Å²) in [4.78, 5) is 4.31. The van der Waals surface area contributed by atoms with Crippen LogP contribution in [0, 0.1) is 0 Å². The highest BCUT2D eigenvalue weighted by Crippen LogP contribution is 2.26. The Labute approximate surface area is 143 Å². The Morgan fingerprint density at radius 3 is 2.72 bits per heavy atom. The van der Waals surface area contributed by atoms with Crippen LogP contribution < -0.4 is 15.4 Å². The summed E-state index contributed by atoms with van der Waals surface area (Å²) in [6.07, 6.45) is -1.19. The van der Waals surface area contributed by atoms with Crippen LogP contribution in [0.5, 0.6) is 5.75 Å². The minimum atomic E-state index is -4.73. The molecule has 0 saturated carbocycles. The van der Waals surface area contributed by atoms with Crippen molar-refractivity contribution in [3.63, 3.8) is 0 Å². The second-order valence-corrected chi connectivity index (χ2v) is 5.05. The van der Waals surface area contributed by atoms with Gasteiger partial charge in [0.1, 0.15) is 5.75 Å². The molecule has 0 saturated heterocycles. The van der Waals surface area contributed by atoms with Gasteiger partial charge in [-0.25, -0.2) is 4.99 Å². The van der Waals surface area contributed by atoms with Crippen LogP contribution in [0.25, 0.3) is 0 Å². The van der Waals surface area contributed by atoms with E-state index in [1.165, 1.54) is 12.1 Å². The third-order valence-electron chi connectivity index (χ3n) is 3.14. The van der Waals surface area contributed by atoms with E-state index in [1.807, 2.05) is 19.2 Å². The van der Waals surface area contributed by atoms with Crippen LogP contribution in [-0.2, 0) is 13.1 Å². The summed E-state index contributed by atoms with van der Waals surface area (Å²) in [6.45, 7) is 3.82. The standard InChI is InChI=1S/C16H20F3N5O/c1-2-20-15(21-9-11-24-10-5-8-23-24)22-12-13-6-3-4-7-14(13)25-16(17,18)19/h3-8,10H,2,9,11-12H2,1H3,(H2,20,21,22). The number of ether oxygens (including phenoxy) is 1. The molecule has 136 valence electrons. The van der Waals surface area contributed by atoms with Crippen molar-refractivity contribution in [3.05, 3.63) is 48.3 Å². The Bertz CT molecular complexity index is 671. The SMILES string of the molecule is CCNC(=NCc1ccccc1OC(F)(F)F)NCCn1cccn1. The van der Waals surface area contributed by atoms with Gasteiger partial charge in [-0.05, 0) is 19.1 Å². The molecule has 2 aromatic rings. The van der Waals surface area contributed by atoms with Gasteiger partial charge in [-0.2, -0.15) is 5.10 Å². The third-order valence-corrected chi connectivity index (χ3v) is 3.14. The molecule has 2 N–H and O–H groups in total. The average molecular weight is 355 g/mol. The van der Waals surface area contributed by atoms with E-state index in [0.29, 0.717) is 31.2 Å². The van der Waals surface area contributed by atoms with Crippen LogP contribution in [-0.4, -0.2) is 35.2 Å². The van der Waals surface area contributed by atoms with E-state index < -0.39 is 6.36 Å². The maximum atomic E-state index is 12.5. The van der Waals surface area contributed by atoms with Crippen molar-refractivity contribution in [2.45, 2.75) is 26.4 Å². The first-order valence-corrected chi connectivity index (χ1v) is 7.81. The number of benzene rings is 1. The topological polar surface area (TPSA) is 63.5 Å². The zero-order valence-electron chi connectivity index (χ0n) is 13.8. The second-order valence-electron chi connectivity index (χ2n) is 5.05. The second kappa shape index (κ2) is 8.95. The molecule has 0 fully saturated rings. The third kappa shape index (κ3) is 6.74. The van der Waals surface area contributed by atoms with Gasteiger partial charge in [0, 0.05) is 31.0 Å². The number of aromatic nitrogens is 2. The van der Waals surface area contributed by atoms with Crippen molar-refractivity contribution >= 4 is 5.96 Å². The number of nitrogens with one attached hydrogen (secondary N) is 2. The summed E-state index contributed by atoms with van der Waals surface area (Å²) in [5.41, 5.74) is 0.351. The van der Waals surface area contributed by atoms with Crippen molar-refractivity contribution in [2.75, 3.05) is 13.1 Å². The van der Waals surface area contributed by atoms with Gasteiger partial charge in [-0.15, -0.1) is 13.2 Å². The highest BCUT2D eigenvalue weighted by atomic mass is 19.4. The van der Waals surface area contributed by atoms with Gasteiger partial charge in [0.05, 0.1) is 13.1 Å². The normalized spacial score (nSPS) is 12.1. The lowest BCUT2D eigenvalue weighted by Crippen LogP contribution is -2.38. The zero-order chi connectivity index (χ0) is 18.1. The zero-order valence-corrected chi connectivity index (χ0v) is 13.8. The van der Waals surface area contributed by atoms with Crippen molar-refractivity contribution in [3.8, 4) is 5.75 Å². The lowest BCUT2D eigenvalue weighted by molar-refractivity contribution is -0.274. The molecule has 0 aliphatic carbocycles. The van der Waals surface area contributed by atoms with Crippen LogP contribution in [0.1, 0.15) is 12.5 Å². The van der Waals surface area contributed by atoms with Crippen LogP contribution in [0.2, 0.25) is 0 Å². The number of alkyl halides is 3. The van der Waals surface area contributed by atoms with E-state index in [-0.39, 0.29) is 12.3 Å². The molecule has 1 aromatic carbocycles. The number of nitrogens with zero attached hydrogens (tertiary/aromatic N) is 3. The molecule has 1 heterocycles. The molecule has 9 heteroatoms. The van der Waals surface area contributed by atoms with Crippen molar-refractivity contribution in [1.82, 2.24) is 20.4 Å². The summed E-state index contributed by atoms with van der Waals surface area (Å²) in [5, 5.41) is 10.3. The van der Waals surface area contributed by atoms with Crippen LogP contribution in [0.15, 0.2) is 47.7 Å². The minimum absolute atomic E-state index is 0.0589. The lowest BCUT2D eigenvalue weighted by atomic mass is 10.2. The van der Waals surface area contributed by atoms with Crippen molar-refractivity contribution in [1.29, 1.82) is 0 Å². The summed E-state index contributed by atoms with van der Waals surface area (Å²) in [7, 11) is 0. The van der Waals surface area contributed by atoms with Gasteiger partial charge in [-0.1, -0.05) is 18.2 Å². The molecular weight excluding hydrogens is 335 g/mol. The lowest BCUT2D eigenvalue weighted by Gasteiger charge is -2.14. The molecule has 0 atom stereocenters. The van der Waals surface area contributed by atoms with Crippen molar-refractivity contribution < 1.29 is 17.9 Å². The number of hydrogen-bond acceptors (Lipinski definition) is 3. The molecule has 0 unspecified atom stereocenters. The fraction of sp³-hybridized carbons (Fsp3) is 0.375. The molecule has 0 amide bonds. The Balaban J connectivity index is 1.98. The molecule has 0 aliphatic rings. The molecular formula is C16H20F3N5O. The van der Waals surface area contributed by atoms with Gasteiger partial charge in [0.2, 0.25) is 0 Å². The van der Waals surface area contributed by atoms with E-state index in [1.54, 1.807) is 23.0 Å². The maximum absolute atomic E-state index is 12.5. The van der Waals surface area contributed by atoms with Gasteiger partial charge >= 0.3 is 6.36 Å². The van der Waals surface area contributed by atoms with Crippen LogP contribution in [0.3, 0.4) is 0 Å². The van der Waals surface area contributed by atoms with Gasteiger partial charge < -0.3 is 15.4 Å². The van der Waals surface area contributed by atoms with E-state index in [0.717, 1.165) is 0 Å². The first-order valence-electron chi connectivity index (χ1n) is 7.81. The number of guanidine groups is 1. The molecule has 0 bridgehead atoms. The van der Waals surface area contributed by atoms with E-state index in [9.17, 15) is 13.2 Å². The van der Waals surface area contributed by atoms with Gasteiger partial charge in [0.25, 0.3) is 0 Å². The fourth-order valence-electron chi connectivity index (χ4n) is 2.09. The number of halogens is 3. The summed E-state index contributed by atoms with van der Waals surface area (Å²) in [6, 6.07) is 7.79. The Morgan fingerprint density at radius 2 is 2.04 bits per heavy atom. The number of hydrogen-bond donors (Lipinski definition) is 2. The van der Waals surface area contributed by atoms with E-state index in [4.69, 9.17) is 0 Å². The van der Waals surface area contributed by atoms with E-state index >= 15 is 0 Å². The Kier molecular flexibility index (Phi) is 6.67. The number of rotatable bonds is 7. The molecule has 6 nitrogen and oxygen atoms in total. The van der Waals surface area contributed by atoms with Crippen LogP contribution in [0.4, 0.5) is 13.2 Å². The van der Waals surface area contributed by atoms with Gasteiger partial charge in [0.15, 0.2) is 5.96 Å². The predicted molar refractivity (Wildman–Crippen MR) is 88.2 cm³/mol. The Hall–Kier alpha value is -2.71.